The van der Waals surface area contributed by atoms with Crippen molar-refractivity contribution >= 4 is 52.4 Å². The Morgan fingerprint density at radius 2 is 1.78 bits per heavy atom. The number of alkyl halides is 7. The van der Waals surface area contributed by atoms with Gasteiger partial charge in [0.15, 0.2) is 12.4 Å². The second-order valence-electron chi connectivity index (χ2n) is 11.5. The van der Waals surface area contributed by atoms with Crippen LogP contribution in [0.5, 0.6) is 5.88 Å². The number of amidine groups is 1. The lowest BCUT2D eigenvalue weighted by Gasteiger charge is -2.33. The summed E-state index contributed by atoms with van der Waals surface area (Å²) in [4.78, 5) is 33.9. The number of aliphatic imine (C=N–C) groups is 1. The highest BCUT2D eigenvalue weighted by atomic mass is 35.5. The molecular weight excluding hydrogens is 670 g/mol. The van der Waals surface area contributed by atoms with Crippen molar-refractivity contribution in [1.29, 1.82) is 0 Å². The summed E-state index contributed by atoms with van der Waals surface area (Å²) in [6, 6.07) is 3.89. The number of amides is 2. The van der Waals surface area contributed by atoms with E-state index < -0.39 is 73.5 Å². The van der Waals surface area contributed by atoms with Crippen LogP contribution in [0.25, 0.3) is 0 Å². The quantitative estimate of drug-likeness (QED) is 0.240. The molecule has 250 valence electrons. The monoisotopic (exact) mass is 697 g/mol. The first-order chi connectivity index (χ1) is 21.6. The first-order valence-corrected chi connectivity index (χ1v) is 15.1. The standard InChI is InChI=1S/C29H28Cl2F7N5O3/c30-19-6-1-13(11-39-25(44)15-9-28(34,35)10-15)22(31)23(19)41-21-8-14-7-18(27(43-24(14)42-21)46-12-20(32)33)26(45)40-17-4-2-16(3-5-17)29(36,37)38/h1,6-7,15-17,20H,2-5,8-12H2,(H,39,44)(H,40,45)(H,41,42,43). The molecule has 1 aliphatic heterocycles. The second-order valence-corrected chi connectivity index (χ2v) is 12.3. The number of nitrogens with zero attached hydrogens (tertiary/aromatic N) is 2. The maximum Gasteiger partial charge on any atom is 0.391 e. The smallest absolute Gasteiger partial charge is 0.391 e. The van der Waals surface area contributed by atoms with E-state index in [9.17, 15) is 40.3 Å². The average molecular weight is 698 g/mol. The molecule has 2 fully saturated rings. The van der Waals surface area contributed by atoms with Gasteiger partial charge < -0.3 is 20.7 Å². The molecule has 0 bridgehead atoms. The third-order valence-corrected chi connectivity index (χ3v) is 8.86. The molecule has 2 amide bonds. The van der Waals surface area contributed by atoms with Crippen LogP contribution in [0.3, 0.4) is 0 Å². The number of aromatic nitrogens is 1. The van der Waals surface area contributed by atoms with Crippen LogP contribution >= 0.6 is 23.2 Å². The molecule has 5 rings (SSSR count). The lowest BCUT2D eigenvalue weighted by molar-refractivity contribution is -0.182. The molecule has 2 saturated carbocycles. The van der Waals surface area contributed by atoms with Crippen LogP contribution in [0.4, 0.5) is 42.2 Å². The number of benzene rings is 1. The number of pyridine rings is 1. The minimum Gasteiger partial charge on any atom is -0.471 e. The first-order valence-electron chi connectivity index (χ1n) is 14.4. The van der Waals surface area contributed by atoms with Crippen LogP contribution in [0, 0.1) is 11.8 Å². The van der Waals surface area contributed by atoms with E-state index in [1.54, 1.807) is 6.07 Å². The van der Waals surface area contributed by atoms with Gasteiger partial charge in [0, 0.05) is 43.3 Å². The van der Waals surface area contributed by atoms with Crippen molar-refractivity contribution in [2.45, 2.75) is 76.1 Å². The van der Waals surface area contributed by atoms with Gasteiger partial charge in [-0.15, -0.1) is 0 Å². The molecule has 46 heavy (non-hydrogen) atoms. The molecule has 3 aliphatic rings. The highest BCUT2D eigenvalue weighted by molar-refractivity contribution is 6.40. The number of rotatable bonds is 9. The zero-order valence-electron chi connectivity index (χ0n) is 23.9. The number of carbonyl (C=O) groups excluding carboxylic acids is 2. The van der Waals surface area contributed by atoms with Gasteiger partial charge in [0.1, 0.15) is 11.4 Å². The molecule has 2 aliphatic carbocycles. The number of ether oxygens (including phenoxy) is 1. The lowest BCUT2D eigenvalue weighted by Crippen LogP contribution is -2.44. The molecule has 8 nitrogen and oxygen atoms in total. The van der Waals surface area contributed by atoms with E-state index in [-0.39, 0.29) is 71.6 Å². The lowest BCUT2D eigenvalue weighted by atomic mass is 9.81. The summed E-state index contributed by atoms with van der Waals surface area (Å²) in [6.07, 6.45) is -8.24. The van der Waals surface area contributed by atoms with Gasteiger partial charge in [0.2, 0.25) is 17.7 Å². The fourth-order valence-electron chi connectivity index (χ4n) is 5.58. The van der Waals surface area contributed by atoms with E-state index in [0.717, 1.165) is 0 Å². The highest BCUT2D eigenvalue weighted by Gasteiger charge is 2.48. The number of carbonyl (C=O) groups is 2. The summed E-state index contributed by atoms with van der Waals surface area (Å²) in [6.45, 7) is -1.11. The molecule has 1 aromatic heterocycles. The minimum absolute atomic E-state index is 0.0546. The predicted octanol–water partition coefficient (Wildman–Crippen LogP) is 7.24. The molecule has 2 aromatic rings. The van der Waals surface area contributed by atoms with Crippen molar-refractivity contribution in [3.8, 4) is 5.88 Å². The molecule has 2 heterocycles. The van der Waals surface area contributed by atoms with Gasteiger partial charge in [-0.2, -0.15) is 18.2 Å². The number of fused-ring (bicyclic) bond motifs is 1. The summed E-state index contributed by atoms with van der Waals surface area (Å²) in [7, 11) is 0. The fourth-order valence-corrected chi connectivity index (χ4v) is 6.11. The van der Waals surface area contributed by atoms with E-state index in [0.29, 0.717) is 11.1 Å². The van der Waals surface area contributed by atoms with Crippen LogP contribution in [0.2, 0.25) is 10.0 Å². The molecule has 0 spiro atoms. The summed E-state index contributed by atoms with van der Waals surface area (Å²) in [5.74, 6) is -6.40. The van der Waals surface area contributed by atoms with Crippen LogP contribution in [-0.2, 0) is 17.8 Å². The van der Waals surface area contributed by atoms with Gasteiger partial charge in [0.05, 0.1) is 21.7 Å². The van der Waals surface area contributed by atoms with E-state index in [4.69, 9.17) is 27.9 Å². The summed E-state index contributed by atoms with van der Waals surface area (Å²) in [5, 5.41) is 8.56. The van der Waals surface area contributed by atoms with Crippen molar-refractivity contribution in [3.05, 3.63) is 44.9 Å². The largest absolute Gasteiger partial charge is 0.471 e. The molecule has 0 radical (unpaired) electrons. The van der Waals surface area contributed by atoms with E-state index in [1.165, 1.54) is 12.1 Å². The summed E-state index contributed by atoms with van der Waals surface area (Å²) in [5.41, 5.74) is 0.907. The minimum atomic E-state index is -4.31. The Morgan fingerprint density at radius 1 is 1.09 bits per heavy atom. The van der Waals surface area contributed by atoms with E-state index in [1.807, 2.05) is 0 Å². The molecule has 3 N–H and O–H groups in total. The van der Waals surface area contributed by atoms with Crippen LogP contribution in [0.1, 0.15) is 60.0 Å². The Morgan fingerprint density at radius 3 is 2.41 bits per heavy atom. The van der Waals surface area contributed by atoms with Crippen LogP contribution in [-0.4, -0.2) is 53.8 Å². The van der Waals surface area contributed by atoms with Gasteiger partial charge in [0.25, 0.3) is 12.3 Å². The second kappa shape index (κ2) is 13.4. The maximum absolute atomic E-state index is 13.2. The molecule has 0 atom stereocenters. The van der Waals surface area contributed by atoms with Crippen molar-refractivity contribution in [2.24, 2.45) is 16.8 Å². The van der Waals surface area contributed by atoms with Gasteiger partial charge in [-0.05, 0) is 43.4 Å². The van der Waals surface area contributed by atoms with Crippen molar-refractivity contribution < 1.29 is 45.1 Å². The van der Waals surface area contributed by atoms with Crippen molar-refractivity contribution in [2.75, 3.05) is 11.9 Å². The molecular formula is C29H28Cl2F7N5O3. The highest BCUT2D eigenvalue weighted by Crippen LogP contribution is 2.43. The number of nitrogens with one attached hydrogen (secondary N) is 3. The molecule has 1 aromatic carbocycles. The first kappa shape index (κ1) is 34.0. The zero-order valence-corrected chi connectivity index (χ0v) is 25.4. The predicted molar refractivity (Wildman–Crippen MR) is 155 cm³/mol. The van der Waals surface area contributed by atoms with Gasteiger partial charge in [-0.3, -0.25) is 9.59 Å². The van der Waals surface area contributed by atoms with Gasteiger partial charge in [-0.1, -0.05) is 29.3 Å². The Balaban J connectivity index is 1.28. The SMILES string of the molecule is O=C(NC1CCC(C(F)(F)F)CC1)c1cc2c(nc1OCC(F)F)N=C(Nc1c(Cl)ccc(CNC(=O)C3CC(F)(F)C3)c1Cl)C2. The van der Waals surface area contributed by atoms with Crippen molar-refractivity contribution in [3.63, 3.8) is 0 Å². The fraction of sp³-hybridized carbons (Fsp3) is 0.517. The normalized spacial score (nSPS) is 20.9. The molecule has 17 heteroatoms. The summed E-state index contributed by atoms with van der Waals surface area (Å²) < 4.78 is 96.5. The summed E-state index contributed by atoms with van der Waals surface area (Å²) >= 11 is 12.9. The Kier molecular flexibility index (Phi) is 9.92. The third kappa shape index (κ3) is 7.96. The van der Waals surface area contributed by atoms with Gasteiger partial charge in [-0.25, -0.2) is 22.6 Å². The Bertz CT molecular complexity index is 1520. The Hall–Kier alpha value is -3.33. The van der Waals surface area contributed by atoms with Crippen LogP contribution < -0.4 is 20.7 Å². The Labute approximate surface area is 268 Å². The zero-order chi connectivity index (χ0) is 33.4. The topological polar surface area (TPSA) is 105 Å². The van der Waals surface area contributed by atoms with Gasteiger partial charge >= 0.3 is 6.18 Å². The van der Waals surface area contributed by atoms with Crippen LogP contribution in [0.15, 0.2) is 23.2 Å². The number of halogens is 9. The number of anilines is 1. The van der Waals surface area contributed by atoms with E-state index >= 15 is 0 Å². The maximum atomic E-state index is 13.2. The number of hydrogen-bond acceptors (Lipinski definition) is 6. The number of hydrogen-bond donors (Lipinski definition) is 3. The van der Waals surface area contributed by atoms with E-state index in [2.05, 4.69) is 25.9 Å². The third-order valence-electron chi connectivity index (χ3n) is 8.11. The molecule has 0 saturated heterocycles. The average Bonchev–Trinajstić information content (AvgIpc) is 3.37. The molecule has 0 unspecified atom stereocenters. The van der Waals surface area contributed by atoms with Crippen molar-refractivity contribution in [1.82, 2.24) is 15.6 Å².